The average molecular weight is 214 g/mol. The molecular weight excluding hydrogens is 204 g/mol. The lowest BCUT2D eigenvalue weighted by Gasteiger charge is -2.00. The molecule has 0 unspecified atom stereocenters. The predicted molar refractivity (Wildman–Crippen MR) is 51.6 cm³/mol. The average Bonchev–Trinajstić information content (AvgIpc) is 2.19. The monoisotopic (exact) mass is 214 g/mol. The van der Waals surface area contributed by atoms with Gasteiger partial charge in [0, 0.05) is 5.56 Å². The van der Waals surface area contributed by atoms with Gasteiger partial charge in [0.25, 0.3) is 10.1 Å². The SMILES string of the molecule is COS(=O)(=O)CC(=O)c1ccccc1. The van der Waals surface area contributed by atoms with E-state index in [1.807, 2.05) is 0 Å². The molecule has 5 heteroatoms. The van der Waals surface area contributed by atoms with Crippen molar-refractivity contribution in [2.75, 3.05) is 12.9 Å². The maximum Gasteiger partial charge on any atom is 0.274 e. The summed E-state index contributed by atoms with van der Waals surface area (Å²) in [5.41, 5.74) is 0.369. The van der Waals surface area contributed by atoms with Gasteiger partial charge in [0.15, 0.2) is 5.78 Å². The Kier molecular flexibility index (Phi) is 3.38. The van der Waals surface area contributed by atoms with Crippen LogP contribution in [0.3, 0.4) is 0 Å². The molecule has 1 aromatic carbocycles. The molecule has 0 heterocycles. The van der Waals surface area contributed by atoms with Crippen LogP contribution in [0.15, 0.2) is 30.3 Å². The van der Waals surface area contributed by atoms with Crippen LogP contribution in [0.2, 0.25) is 0 Å². The van der Waals surface area contributed by atoms with Crippen LogP contribution in [0.4, 0.5) is 0 Å². The molecule has 0 aromatic heterocycles. The second kappa shape index (κ2) is 4.34. The Morgan fingerprint density at radius 2 is 1.86 bits per heavy atom. The molecule has 0 aliphatic heterocycles. The normalized spacial score (nSPS) is 11.2. The molecule has 0 radical (unpaired) electrons. The fraction of sp³-hybridized carbons (Fsp3) is 0.222. The molecule has 0 fully saturated rings. The molecule has 0 amide bonds. The highest BCUT2D eigenvalue weighted by atomic mass is 32.2. The zero-order chi connectivity index (χ0) is 10.6. The highest BCUT2D eigenvalue weighted by Gasteiger charge is 2.16. The van der Waals surface area contributed by atoms with Crippen molar-refractivity contribution in [3.63, 3.8) is 0 Å². The number of benzene rings is 1. The van der Waals surface area contributed by atoms with Gasteiger partial charge in [-0.2, -0.15) is 8.42 Å². The Bertz CT molecular complexity index is 408. The van der Waals surface area contributed by atoms with Gasteiger partial charge in [-0.25, -0.2) is 0 Å². The minimum absolute atomic E-state index is 0.369. The van der Waals surface area contributed by atoms with Crippen molar-refractivity contribution in [2.24, 2.45) is 0 Å². The van der Waals surface area contributed by atoms with Gasteiger partial charge >= 0.3 is 0 Å². The lowest BCUT2D eigenvalue weighted by molar-refractivity contribution is 0.101. The quantitative estimate of drug-likeness (QED) is 0.550. The lowest BCUT2D eigenvalue weighted by Crippen LogP contribution is -2.17. The molecule has 0 bridgehead atoms. The molecule has 0 spiro atoms. The Hall–Kier alpha value is -1.20. The zero-order valence-electron chi connectivity index (χ0n) is 7.64. The number of carbonyl (C=O) groups excluding carboxylic acids is 1. The third kappa shape index (κ3) is 2.93. The van der Waals surface area contributed by atoms with Crippen LogP contribution in [-0.4, -0.2) is 27.1 Å². The molecule has 4 nitrogen and oxygen atoms in total. The van der Waals surface area contributed by atoms with Crippen LogP contribution in [0.25, 0.3) is 0 Å². The topological polar surface area (TPSA) is 60.4 Å². The van der Waals surface area contributed by atoms with Gasteiger partial charge in [-0.15, -0.1) is 0 Å². The van der Waals surface area contributed by atoms with Crippen molar-refractivity contribution in [3.05, 3.63) is 35.9 Å². The van der Waals surface area contributed by atoms with Crippen LogP contribution in [0.1, 0.15) is 10.4 Å². The lowest BCUT2D eigenvalue weighted by atomic mass is 10.2. The molecule has 0 saturated carbocycles. The standard InChI is InChI=1S/C9H10O4S/c1-13-14(11,12)7-9(10)8-5-3-2-4-6-8/h2-6H,7H2,1H3. The zero-order valence-corrected chi connectivity index (χ0v) is 8.45. The largest absolute Gasteiger partial charge is 0.293 e. The van der Waals surface area contributed by atoms with Crippen LogP contribution in [-0.2, 0) is 14.3 Å². The number of Topliss-reactive ketones (excluding diaryl/α,β-unsaturated/α-hetero) is 1. The third-order valence-electron chi connectivity index (χ3n) is 1.66. The first-order chi connectivity index (χ1) is 6.55. The number of rotatable bonds is 4. The third-order valence-corrected chi connectivity index (χ3v) is 2.78. The summed E-state index contributed by atoms with van der Waals surface area (Å²) in [4.78, 5) is 11.4. The van der Waals surface area contributed by atoms with Gasteiger partial charge in [0.05, 0.1) is 7.11 Å². The van der Waals surface area contributed by atoms with E-state index in [2.05, 4.69) is 4.18 Å². The molecule has 1 aromatic rings. The van der Waals surface area contributed by atoms with E-state index >= 15 is 0 Å². The smallest absolute Gasteiger partial charge is 0.274 e. The van der Waals surface area contributed by atoms with E-state index in [0.29, 0.717) is 5.56 Å². The van der Waals surface area contributed by atoms with Crippen LogP contribution < -0.4 is 0 Å². The fourth-order valence-corrected chi connectivity index (χ4v) is 1.53. The molecule has 0 aliphatic rings. The summed E-state index contributed by atoms with van der Waals surface area (Å²) in [6, 6.07) is 8.22. The molecule has 1 rings (SSSR count). The van der Waals surface area contributed by atoms with Gasteiger partial charge in [-0.3, -0.25) is 8.98 Å². The first-order valence-electron chi connectivity index (χ1n) is 3.92. The molecule has 0 atom stereocenters. The van der Waals surface area contributed by atoms with Gasteiger partial charge in [-0.05, 0) is 0 Å². The second-order valence-corrected chi connectivity index (χ2v) is 4.40. The van der Waals surface area contributed by atoms with Crippen molar-refractivity contribution >= 4 is 15.9 Å². The molecular formula is C9H10O4S. The maximum absolute atomic E-state index is 11.4. The Balaban J connectivity index is 2.79. The highest BCUT2D eigenvalue weighted by Crippen LogP contribution is 2.02. The predicted octanol–water partition coefficient (Wildman–Crippen LogP) is 0.846. The van der Waals surface area contributed by atoms with Crippen molar-refractivity contribution in [2.45, 2.75) is 0 Å². The van der Waals surface area contributed by atoms with Crippen LogP contribution >= 0.6 is 0 Å². The summed E-state index contributed by atoms with van der Waals surface area (Å²) >= 11 is 0. The Morgan fingerprint density at radius 3 is 2.36 bits per heavy atom. The van der Waals surface area contributed by atoms with Crippen molar-refractivity contribution in [1.82, 2.24) is 0 Å². The van der Waals surface area contributed by atoms with E-state index in [9.17, 15) is 13.2 Å². The summed E-state index contributed by atoms with van der Waals surface area (Å²) in [5.74, 6) is -1.08. The van der Waals surface area contributed by atoms with E-state index in [-0.39, 0.29) is 0 Å². The van der Waals surface area contributed by atoms with Gasteiger partial charge in [-0.1, -0.05) is 30.3 Å². The summed E-state index contributed by atoms with van der Waals surface area (Å²) in [6.07, 6.45) is 0. The maximum atomic E-state index is 11.4. The van der Waals surface area contributed by atoms with Crippen molar-refractivity contribution < 1.29 is 17.4 Å². The number of hydrogen-bond donors (Lipinski definition) is 0. The summed E-state index contributed by atoms with van der Waals surface area (Å²) in [7, 11) is -2.68. The molecule has 0 N–H and O–H groups in total. The van der Waals surface area contributed by atoms with Crippen LogP contribution in [0.5, 0.6) is 0 Å². The van der Waals surface area contributed by atoms with Gasteiger partial charge in [0.2, 0.25) is 0 Å². The molecule has 76 valence electrons. The highest BCUT2D eigenvalue weighted by molar-refractivity contribution is 7.87. The van der Waals surface area contributed by atoms with Gasteiger partial charge < -0.3 is 0 Å². The molecule has 0 aliphatic carbocycles. The van der Waals surface area contributed by atoms with E-state index in [0.717, 1.165) is 7.11 Å². The second-order valence-electron chi connectivity index (χ2n) is 2.66. The minimum atomic E-state index is -3.72. The summed E-state index contributed by atoms with van der Waals surface area (Å²) in [5, 5.41) is 0. The Labute approximate surface area is 82.6 Å². The van der Waals surface area contributed by atoms with Crippen molar-refractivity contribution in [3.8, 4) is 0 Å². The van der Waals surface area contributed by atoms with Gasteiger partial charge in [0.1, 0.15) is 5.75 Å². The van der Waals surface area contributed by atoms with Crippen LogP contribution in [0, 0.1) is 0 Å². The number of ketones is 1. The molecule has 0 saturated heterocycles. The minimum Gasteiger partial charge on any atom is -0.293 e. The Morgan fingerprint density at radius 1 is 1.29 bits per heavy atom. The van der Waals surface area contributed by atoms with E-state index in [1.165, 1.54) is 0 Å². The van der Waals surface area contributed by atoms with Crippen molar-refractivity contribution in [1.29, 1.82) is 0 Å². The summed E-state index contributed by atoms with van der Waals surface area (Å²) in [6.45, 7) is 0. The fourth-order valence-electron chi connectivity index (χ4n) is 0.927. The first kappa shape index (κ1) is 10.9. The number of hydrogen-bond acceptors (Lipinski definition) is 4. The van der Waals surface area contributed by atoms with E-state index < -0.39 is 21.7 Å². The van der Waals surface area contributed by atoms with E-state index in [4.69, 9.17) is 0 Å². The van der Waals surface area contributed by atoms with E-state index in [1.54, 1.807) is 30.3 Å². The summed E-state index contributed by atoms with van der Waals surface area (Å²) < 4.78 is 26.1. The number of carbonyl (C=O) groups is 1. The first-order valence-corrected chi connectivity index (χ1v) is 5.49. The molecule has 14 heavy (non-hydrogen) atoms.